The first kappa shape index (κ1) is 14.1. The van der Waals surface area contributed by atoms with Gasteiger partial charge >= 0.3 is 0 Å². The van der Waals surface area contributed by atoms with Crippen LogP contribution < -0.4 is 4.72 Å². The van der Waals surface area contributed by atoms with Crippen molar-refractivity contribution in [1.82, 2.24) is 9.97 Å². The predicted molar refractivity (Wildman–Crippen MR) is 71.9 cm³/mol. The van der Waals surface area contributed by atoms with E-state index in [1.165, 1.54) is 30.6 Å². The SMILES string of the molecule is CC(=O)c1csc(NS(=O)(=O)c2cccnc2C#N)n1. The van der Waals surface area contributed by atoms with Gasteiger partial charge < -0.3 is 0 Å². The van der Waals surface area contributed by atoms with E-state index in [0.717, 1.165) is 11.3 Å². The summed E-state index contributed by atoms with van der Waals surface area (Å²) >= 11 is 0.987. The van der Waals surface area contributed by atoms with Crippen LogP contribution in [-0.4, -0.2) is 24.2 Å². The summed E-state index contributed by atoms with van der Waals surface area (Å²) in [6.45, 7) is 1.34. The first-order chi connectivity index (χ1) is 9.44. The number of pyridine rings is 1. The van der Waals surface area contributed by atoms with Crippen molar-refractivity contribution in [2.24, 2.45) is 0 Å². The fourth-order valence-corrected chi connectivity index (χ4v) is 3.45. The Bertz CT molecular complexity index is 805. The van der Waals surface area contributed by atoms with Gasteiger partial charge in [-0.25, -0.2) is 18.4 Å². The predicted octanol–water partition coefficient (Wildman–Crippen LogP) is 1.41. The van der Waals surface area contributed by atoms with E-state index in [4.69, 9.17) is 5.26 Å². The van der Waals surface area contributed by atoms with Gasteiger partial charge in [0.25, 0.3) is 10.0 Å². The van der Waals surface area contributed by atoms with Gasteiger partial charge in [0.05, 0.1) is 0 Å². The number of sulfonamides is 1. The highest BCUT2D eigenvalue weighted by atomic mass is 32.2. The zero-order valence-electron chi connectivity index (χ0n) is 10.2. The molecule has 2 rings (SSSR count). The van der Waals surface area contributed by atoms with Crippen LogP contribution in [0.15, 0.2) is 28.6 Å². The molecule has 9 heteroatoms. The third-order valence-corrected chi connectivity index (χ3v) is 4.51. The molecular formula is C11H8N4O3S2. The Morgan fingerprint density at radius 1 is 1.50 bits per heavy atom. The molecule has 0 bridgehead atoms. The van der Waals surface area contributed by atoms with Crippen molar-refractivity contribution in [3.8, 4) is 6.07 Å². The van der Waals surface area contributed by atoms with Crippen LogP contribution in [-0.2, 0) is 10.0 Å². The van der Waals surface area contributed by atoms with Gasteiger partial charge in [0, 0.05) is 18.5 Å². The molecule has 0 aliphatic heterocycles. The zero-order chi connectivity index (χ0) is 14.8. The minimum Gasteiger partial charge on any atom is -0.293 e. The number of rotatable bonds is 4. The van der Waals surface area contributed by atoms with Gasteiger partial charge in [-0.1, -0.05) is 0 Å². The van der Waals surface area contributed by atoms with Crippen LogP contribution in [0.2, 0.25) is 0 Å². The molecule has 0 saturated carbocycles. The lowest BCUT2D eigenvalue weighted by Gasteiger charge is -2.05. The molecule has 0 fully saturated rings. The van der Waals surface area contributed by atoms with Gasteiger partial charge in [0.1, 0.15) is 16.7 Å². The minimum atomic E-state index is -3.97. The molecule has 0 aliphatic rings. The van der Waals surface area contributed by atoms with E-state index in [0.29, 0.717) is 0 Å². The average Bonchev–Trinajstić information content (AvgIpc) is 2.86. The molecule has 0 radical (unpaired) electrons. The number of nitriles is 1. The highest BCUT2D eigenvalue weighted by Crippen LogP contribution is 2.21. The van der Waals surface area contributed by atoms with E-state index in [1.807, 2.05) is 0 Å². The standard InChI is InChI=1S/C11H8N4O3S2/c1-7(16)9-6-19-11(14-9)15-20(17,18)10-3-2-4-13-8(10)5-12/h2-4,6H,1H3,(H,14,15). The Morgan fingerprint density at radius 3 is 2.85 bits per heavy atom. The molecule has 0 saturated heterocycles. The maximum absolute atomic E-state index is 12.1. The third kappa shape index (κ3) is 2.81. The lowest BCUT2D eigenvalue weighted by molar-refractivity contribution is 0.101. The smallest absolute Gasteiger partial charge is 0.266 e. The maximum atomic E-state index is 12.1. The number of carbonyl (C=O) groups is 1. The summed E-state index contributed by atoms with van der Waals surface area (Å²) in [5.41, 5.74) is -0.0252. The molecule has 0 amide bonds. The first-order valence-corrected chi connectivity index (χ1v) is 7.64. The Labute approximate surface area is 119 Å². The highest BCUT2D eigenvalue weighted by molar-refractivity contribution is 7.93. The molecule has 0 aliphatic carbocycles. The quantitative estimate of drug-likeness (QED) is 0.854. The number of carbonyl (C=O) groups excluding carboxylic acids is 1. The monoisotopic (exact) mass is 308 g/mol. The van der Waals surface area contributed by atoms with E-state index in [1.54, 1.807) is 6.07 Å². The van der Waals surface area contributed by atoms with E-state index in [-0.39, 0.29) is 27.2 Å². The number of thiazole rings is 1. The zero-order valence-corrected chi connectivity index (χ0v) is 11.8. The number of hydrogen-bond acceptors (Lipinski definition) is 7. The molecule has 0 unspecified atom stereocenters. The molecule has 20 heavy (non-hydrogen) atoms. The second kappa shape index (κ2) is 5.36. The Kier molecular flexibility index (Phi) is 3.78. The molecule has 102 valence electrons. The number of hydrogen-bond donors (Lipinski definition) is 1. The van der Waals surface area contributed by atoms with Crippen LogP contribution in [0.1, 0.15) is 23.1 Å². The Balaban J connectivity index is 2.36. The Morgan fingerprint density at radius 2 is 2.25 bits per heavy atom. The molecule has 2 aromatic heterocycles. The van der Waals surface area contributed by atoms with Crippen molar-refractivity contribution in [1.29, 1.82) is 5.26 Å². The van der Waals surface area contributed by atoms with Gasteiger partial charge in [-0.05, 0) is 12.1 Å². The highest BCUT2D eigenvalue weighted by Gasteiger charge is 2.21. The molecular weight excluding hydrogens is 300 g/mol. The molecule has 0 atom stereocenters. The fourth-order valence-electron chi connectivity index (χ4n) is 1.34. The lowest BCUT2D eigenvalue weighted by Crippen LogP contribution is -2.15. The van der Waals surface area contributed by atoms with Gasteiger partial charge in [-0.3, -0.25) is 9.52 Å². The van der Waals surface area contributed by atoms with E-state index in [2.05, 4.69) is 14.7 Å². The van der Waals surface area contributed by atoms with Gasteiger partial charge in [-0.2, -0.15) is 5.26 Å². The molecule has 7 nitrogen and oxygen atoms in total. The number of aromatic nitrogens is 2. The molecule has 2 heterocycles. The van der Waals surface area contributed by atoms with Gasteiger partial charge in [-0.15, -0.1) is 11.3 Å². The number of Topliss-reactive ketones (excluding diaryl/α,β-unsaturated/α-hetero) is 1. The average molecular weight is 308 g/mol. The second-order valence-corrected chi connectivity index (χ2v) is 6.17. The summed E-state index contributed by atoms with van der Waals surface area (Å²) in [7, 11) is -3.97. The fraction of sp³-hybridized carbons (Fsp3) is 0.0909. The molecule has 0 aromatic carbocycles. The first-order valence-electron chi connectivity index (χ1n) is 5.28. The summed E-state index contributed by atoms with van der Waals surface area (Å²) in [5, 5.41) is 10.4. The van der Waals surface area contributed by atoms with Gasteiger partial charge in [0.15, 0.2) is 16.6 Å². The molecule has 1 N–H and O–H groups in total. The van der Waals surface area contributed by atoms with Crippen LogP contribution in [0.3, 0.4) is 0 Å². The van der Waals surface area contributed by atoms with Crippen LogP contribution >= 0.6 is 11.3 Å². The van der Waals surface area contributed by atoms with Crippen molar-refractivity contribution in [3.63, 3.8) is 0 Å². The van der Waals surface area contributed by atoms with E-state index < -0.39 is 10.0 Å². The summed E-state index contributed by atoms with van der Waals surface area (Å²) in [4.78, 5) is 18.4. The second-order valence-electron chi connectivity index (χ2n) is 3.66. The summed E-state index contributed by atoms with van der Waals surface area (Å²) in [6, 6.07) is 4.40. The topological polar surface area (TPSA) is 113 Å². The van der Waals surface area contributed by atoms with E-state index in [9.17, 15) is 13.2 Å². The molecule has 0 spiro atoms. The number of nitrogens with zero attached hydrogens (tertiary/aromatic N) is 3. The summed E-state index contributed by atoms with van der Waals surface area (Å²) < 4.78 is 26.5. The van der Waals surface area contributed by atoms with Crippen LogP contribution in [0, 0.1) is 11.3 Å². The van der Waals surface area contributed by atoms with Crippen LogP contribution in [0.5, 0.6) is 0 Å². The van der Waals surface area contributed by atoms with Crippen LogP contribution in [0.4, 0.5) is 5.13 Å². The maximum Gasteiger partial charge on any atom is 0.266 e. The van der Waals surface area contributed by atoms with Crippen LogP contribution in [0.25, 0.3) is 0 Å². The number of nitrogens with one attached hydrogen (secondary N) is 1. The van der Waals surface area contributed by atoms with E-state index >= 15 is 0 Å². The number of ketones is 1. The van der Waals surface area contributed by atoms with Crippen molar-refractivity contribution in [2.75, 3.05) is 4.72 Å². The minimum absolute atomic E-state index is 0.0583. The van der Waals surface area contributed by atoms with Crippen molar-refractivity contribution in [3.05, 3.63) is 35.1 Å². The largest absolute Gasteiger partial charge is 0.293 e. The van der Waals surface area contributed by atoms with Crippen molar-refractivity contribution >= 4 is 32.3 Å². The summed E-state index contributed by atoms with van der Waals surface area (Å²) in [5.74, 6) is -0.259. The third-order valence-electron chi connectivity index (χ3n) is 2.25. The lowest BCUT2D eigenvalue weighted by atomic mass is 10.4. The molecule has 2 aromatic rings. The summed E-state index contributed by atoms with van der Waals surface area (Å²) in [6.07, 6.45) is 1.33. The van der Waals surface area contributed by atoms with Gasteiger partial charge in [0.2, 0.25) is 0 Å². The van der Waals surface area contributed by atoms with Crippen molar-refractivity contribution < 1.29 is 13.2 Å². The van der Waals surface area contributed by atoms with Crippen molar-refractivity contribution in [2.45, 2.75) is 11.8 Å². The normalized spacial score (nSPS) is 10.8. The Hall–Kier alpha value is -2.31. The number of anilines is 1.